The SMILES string of the molecule is C=C(O)C(=O)O.c1ccccc1. The summed E-state index contributed by atoms with van der Waals surface area (Å²) in [5, 5.41) is 15.5. The Hall–Kier alpha value is -1.77. The third-order valence-corrected chi connectivity index (χ3v) is 0.914. The summed E-state index contributed by atoms with van der Waals surface area (Å²) in [6.07, 6.45) is 0. The van der Waals surface area contributed by atoms with E-state index in [0.29, 0.717) is 0 Å². The number of rotatable bonds is 1. The molecule has 0 amide bonds. The number of hydrogen-bond donors (Lipinski definition) is 2. The van der Waals surface area contributed by atoms with E-state index in [2.05, 4.69) is 6.58 Å². The van der Waals surface area contributed by atoms with Crippen molar-refractivity contribution in [2.24, 2.45) is 0 Å². The van der Waals surface area contributed by atoms with Gasteiger partial charge in [-0.25, -0.2) is 4.79 Å². The molecule has 0 heterocycles. The molecule has 3 nitrogen and oxygen atoms in total. The Morgan fingerprint density at radius 3 is 1.17 bits per heavy atom. The van der Waals surface area contributed by atoms with Crippen LogP contribution in [0.25, 0.3) is 0 Å². The molecule has 0 saturated carbocycles. The summed E-state index contributed by atoms with van der Waals surface area (Å²) in [4.78, 5) is 9.35. The van der Waals surface area contributed by atoms with Crippen molar-refractivity contribution >= 4 is 5.97 Å². The highest BCUT2D eigenvalue weighted by atomic mass is 16.4. The molecule has 12 heavy (non-hydrogen) atoms. The van der Waals surface area contributed by atoms with E-state index in [-0.39, 0.29) is 0 Å². The van der Waals surface area contributed by atoms with Crippen LogP contribution in [0.5, 0.6) is 0 Å². The second-order valence-electron chi connectivity index (χ2n) is 1.91. The number of carboxylic acid groups (broad SMARTS) is 1. The monoisotopic (exact) mass is 166 g/mol. The summed E-state index contributed by atoms with van der Waals surface area (Å²) >= 11 is 0. The van der Waals surface area contributed by atoms with Crippen LogP contribution in [0, 0.1) is 0 Å². The minimum Gasteiger partial charge on any atom is -0.502 e. The van der Waals surface area contributed by atoms with E-state index in [9.17, 15) is 4.79 Å². The maximum Gasteiger partial charge on any atom is 0.370 e. The number of carbonyl (C=O) groups is 1. The summed E-state index contributed by atoms with van der Waals surface area (Å²) < 4.78 is 0. The first-order valence-corrected chi connectivity index (χ1v) is 3.25. The Labute approximate surface area is 70.6 Å². The highest BCUT2D eigenvalue weighted by Gasteiger charge is 1.94. The first-order chi connectivity index (χ1) is 5.64. The molecule has 0 spiro atoms. The standard InChI is InChI=1S/C6H6.C3H4O3/c1-2-4-6-5-3-1;1-2(4)3(5)6/h1-6H;4H,1H2,(H,5,6). The van der Waals surface area contributed by atoms with Crippen LogP contribution >= 0.6 is 0 Å². The van der Waals surface area contributed by atoms with Crippen molar-refractivity contribution in [2.75, 3.05) is 0 Å². The molecule has 1 rings (SSSR count). The molecule has 2 N–H and O–H groups in total. The third kappa shape index (κ3) is 6.35. The summed E-state index contributed by atoms with van der Waals surface area (Å²) in [6, 6.07) is 12.0. The largest absolute Gasteiger partial charge is 0.502 e. The van der Waals surface area contributed by atoms with Crippen molar-refractivity contribution in [1.29, 1.82) is 0 Å². The third-order valence-electron chi connectivity index (χ3n) is 0.914. The molecule has 0 radical (unpaired) electrons. The summed E-state index contributed by atoms with van der Waals surface area (Å²) in [5.41, 5.74) is 0. The Morgan fingerprint density at radius 1 is 0.917 bits per heavy atom. The van der Waals surface area contributed by atoms with Gasteiger partial charge < -0.3 is 10.2 Å². The van der Waals surface area contributed by atoms with E-state index < -0.39 is 11.7 Å². The fourth-order valence-electron chi connectivity index (χ4n) is 0.385. The van der Waals surface area contributed by atoms with Gasteiger partial charge in [-0.2, -0.15) is 0 Å². The molecule has 0 aliphatic carbocycles. The number of hydrogen-bond acceptors (Lipinski definition) is 2. The average molecular weight is 166 g/mol. The van der Waals surface area contributed by atoms with E-state index in [1.807, 2.05) is 36.4 Å². The van der Waals surface area contributed by atoms with Crippen molar-refractivity contribution in [2.45, 2.75) is 0 Å². The van der Waals surface area contributed by atoms with Gasteiger partial charge in [0.2, 0.25) is 0 Å². The van der Waals surface area contributed by atoms with Crippen LogP contribution in [0.1, 0.15) is 0 Å². The fraction of sp³-hybridized carbons (Fsp3) is 0. The van der Waals surface area contributed by atoms with Gasteiger partial charge in [-0.1, -0.05) is 36.4 Å². The molecule has 64 valence electrons. The number of benzene rings is 1. The molecule has 0 fully saturated rings. The second kappa shape index (κ2) is 5.97. The molecule has 0 unspecified atom stereocenters. The predicted octanol–water partition coefficient (Wildman–Crippen LogP) is 1.83. The normalized spacial score (nSPS) is 7.67. The predicted molar refractivity (Wildman–Crippen MR) is 45.8 cm³/mol. The Kier molecular flexibility index (Phi) is 5.09. The van der Waals surface area contributed by atoms with Gasteiger partial charge in [0.15, 0.2) is 5.76 Å². The molecule has 0 aliphatic rings. The lowest BCUT2D eigenvalue weighted by atomic mass is 10.4. The van der Waals surface area contributed by atoms with E-state index >= 15 is 0 Å². The van der Waals surface area contributed by atoms with E-state index in [0.717, 1.165) is 0 Å². The van der Waals surface area contributed by atoms with Gasteiger partial charge in [-0.3, -0.25) is 0 Å². The fourth-order valence-corrected chi connectivity index (χ4v) is 0.385. The molecule has 0 bridgehead atoms. The summed E-state index contributed by atoms with van der Waals surface area (Å²) in [5.74, 6) is -2.20. The van der Waals surface area contributed by atoms with Crippen molar-refractivity contribution in [1.82, 2.24) is 0 Å². The van der Waals surface area contributed by atoms with Gasteiger partial charge in [0, 0.05) is 0 Å². The zero-order valence-corrected chi connectivity index (χ0v) is 6.47. The molecular weight excluding hydrogens is 156 g/mol. The van der Waals surface area contributed by atoms with Gasteiger partial charge in [0.1, 0.15) is 0 Å². The van der Waals surface area contributed by atoms with Crippen LogP contribution in [-0.4, -0.2) is 16.2 Å². The van der Waals surface area contributed by atoms with Crippen molar-refractivity contribution < 1.29 is 15.0 Å². The Morgan fingerprint density at radius 2 is 1.08 bits per heavy atom. The van der Waals surface area contributed by atoms with E-state index in [1.165, 1.54) is 0 Å². The van der Waals surface area contributed by atoms with Crippen LogP contribution in [0.3, 0.4) is 0 Å². The number of carboxylic acids is 1. The second-order valence-corrected chi connectivity index (χ2v) is 1.91. The molecule has 0 aliphatic heterocycles. The molecule has 1 aromatic rings. The number of aliphatic carboxylic acids is 1. The maximum atomic E-state index is 9.35. The molecule has 0 aromatic heterocycles. The lowest BCUT2D eigenvalue weighted by Gasteiger charge is -1.79. The summed E-state index contributed by atoms with van der Waals surface area (Å²) in [7, 11) is 0. The van der Waals surface area contributed by atoms with Gasteiger partial charge in [-0.05, 0) is 6.58 Å². The Bertz CT molecular complexity index is 203. The first-order valence-electron chi connectivity index (χ1n) is 3.25. The molecule has 1 aromatic carbocycles. The van der Waals surface area contributed by atoms with Crippen LogP contribution in [-0.2, 0) is 4.79 Å². The molecule has 0 atom stereocenters. The van der Waals surface area contributed by atoms with Crippen LogP contribution in [0.15, 0.2) is 48.7 Å². The van der Waals surface area contributed by atoms with Crippen LogP contribution in [0.2, 0.25) is 0 Å². The quantitative estimate of drug-likeness (QED) is 0.494. The number of aliphatic hydroxyl groups is 1. The molecule has 3 heteroatoms. The zero-order valence-electron chi connectivity index (χ0n) is 6.47. The minimum absolute atomic E-state index is 0.824. The van der Waals surface area contributed by atoms with Crippen molar-refractivity contribution in [3.8, 4) is 0 Å². The van der Waals surface area contributed by atoms with Gasteiger partial charge in [-0.15, -0.1) is 0 Å². The Balaban J connectivity index is 0.000000202. The van der Waals surface area contributed by atoms with Gasteiger partial charge in [0.05, 0.1) is 0 Å². The lowest BCUT2D eigenvalue weighted by Crippen LogP contribution is -1.95. The smallest absolute Gasteiger partial charge is 0.370 e. The minimum atomic E-state index is -1.38. The summed E-state index contributed by atoms with van der Waals surface area (Å²) in [6.45, 7) is 2.71. The highest BCUT2D eigenvalue weighted by molar-refractivity contribution is 5.82. The van der Waals surface area contributed by atoms with Gasteiger partial charge >= 0.3 is 5.97 Å². The number of aliphatic hydroxyl groups excluding tert-OH is 1. The van der Waals surface area contributed by atoms with Crippen molar-refractivity contribution in [3.63, 3.8) is 0 Å². The molecule has 0 saturated heterocycles. The maximum absolute atomic E-state index is 9.35. The zero-order chi connectivity index (χ0) is 9.40. The van der Waals surface area contributed by atoms with Gasteiger partial charge in [0.25, 0.3) is 0 Å². The van der Waals surface area contributed by atoms with Crippen LogP contribution in [0.4, 0.5) is 0 Å². The molecular formula is C9H10O3. The van der Waals surface area contributed by atoms with E-state index in [1.54, 1.807) is 0 Å². The van der Waals surface area contributed by atoms with Crippen LogP contribution < -0.4 is 0 Å². The average Bonchev–Trinajstić information content (AvgIpc) is 2.08. The van der Waals surface area contributed by atoms with E-state index in [4.69, 9.17) is 10.2 Å². The highest BCUT2D eigenvalue weighted by Crippen LogP contribution is 1.79. The van der Waals surface area contributed by atoms with Crippen molar-refractivity contribution in [3.05, 3.63) is 48.7 Å². The topological polar surface area (TPSA) is 57.5 Å². The first kappa shape index (κ1) is 10.2. The lowest BCUT2D eigenvalue weighted by molar-refractivity contribution is -0.135.